The van der Waals surface area contributed by atoms with Crippen LogP contribution >= 0.6 is 0 Å². The number of rotatable bonds is 5. The average Bonchev–Trinajstić information content (AvgIpc) is 3.13. The van der Waals surface area contributed by atoms with Gasteiger partial charge < -0.3 is 15.4 Å². The molecule has 0 aromatic heterocycles. The molecule has 3 unspecified atom stereocenters. The summed E-state index contributed by atoms with van der Waals surface area (Å²) in [5.41, 5.74) is 4.11. The van der Waals surface area contributed by atoms with Crippen LogP contribution in [0.3, 0.4) is 0 Å². The number of piperidine rings is 1. The van der Waals surface area contributed by atoms with Crippen molar-refractivity contribution in [2.45, 2.75) is 36.0 Å². The van der Waals surface area contributed by atoms with E-state index >= 15 is 0 Å². The van der Waals surface area contributed by atoms with Gasteiger partial charge in [-0.25, -0.2) is 23.2 Å². The van der Waals surface area contributed by atoms with Gasteiger partial charge in [-0.3, -0.25) is 4.79 Å². The first-order valence-corrected chi connectivity index (χ1v) is 11.9. The number of nitrogens with zero attached hydrogens (tertiary/aromatic N) is 3. The van der Waals surface area contributed by atoms with Crippen molar-refractivity contribution >= 4 is 21.6 Å². The number of sulfonamides is 1. The Bertz CT molecular complexity index is 961. The first-order chi connectivity index (χ1) is 14.8. The van der Waals surface area contributed by atoms with Gasteiger partial charge in [-0.05, 0) is 37.1 Å². The van der Waals surface area contributed by atoms with Gasteiger partial charge in [0, 0.05) is 39.0 Å². The summed E-state index contributed by atoms with van der Waals surface area (Å²) in [6.07, 6.45) is 1.06. The maximum atomic E-state index is 12.7. The van der Waals surface area contributed by atoms with Gasteiger partial charge >= 0.3 is 0 Å². The molecule has 0 aliphatic carbocycles. The van der Waals surface area contributed by atoms with Gasteiger partial charge in [0.2, 0.25) is 15.9 Å². The minimum Gasteiger partial charge on any atom is -0.380 e. The Balaban J connectivity index is 1.55. The first kappa shape index (κ1) is 22.0. The third-order valence-electron chi connectivity index (χ3n) is 6.27. The SMILES string of the molecule is CN(C)S(=O)(=O)c1ccc(NC2NN([C@H]3COCC[C@@H]3C#N)C3CCNC(=O)C23)cc1. The molecule has 1 amide bonds. The molecule has 3 N–H and O–H groups in total. The number of anilines is 1. The number of amides is 1. The van der Waals surface area contributed by atoms with Gasteiger partial charge in [-0.15, -0.1) is 0 Å². The van der Waals surface area contributed by atoms with Crippen molar-refractivity contribution in [2.75, 3.05) is 39.2 Å². The van der Waals surface area contributed by atoms with Crippen LogP contribution in [0.2, 0.25) is 0 Å². The summed E-state index contributed by atoms with van der Waals surface area (Å²) in [6.45, 7) is 1.60. The van der Waals surface area contributed by atoms with Crippen LogP contribution in [-0.4, -0.2) is 75.7 Å². The highest BCUT2D eigenvalue weighted by molar-refractivity contribution is 7.89. The summed E-state index contributed by atoms with van der Waals surface area (Å²) in [7, 11) is -0.528. The molecule has 4 rings (SSSR count). The van der Waals surface area contributed by atoms with E-state index in [1.165, 1.54) is 18.4 Å². The van der Waals surface area contributed by atoms with Gasteiger partial charge in [0.05, 0.1) is 35.4 Å². The van der Waals surface area contributed by atoms with E-state index in [0.29, 0.717) is 31.9 Å². The summed E-state index contributed by atoms with van der Waals surface area (Å²) in [5.74, 6) is -0.554. The van der Waals surface area contributed by atoms with Crippen LogP contribution in [-0.2, 0) is 19.6 Å². The summed E-state index contributed by atoms with van der Waals surface area (Å²) >= 11 is 0. The van der Waals surface area contributed by atoms with Crippen LogP contribution in [0.4, 0.5) is 5.69 Å². The molecule has 11 heteroatoms. The smallest absolute Gasteiger partial charge is 0.242 e. The minimum absolute atomic E-state index is 0.0409. The quantitative estimate of drug-likeness (QED) is 0.571. The first-order valence-electron chi connectivity index (χ1n) is 10.4. The van der Waals surface area contributed by atoms with Crippen molar-refractivity contribution in [1.29, 1.82) is 5.26 Å². The second kappa shape index (κ2) is 8.72. The molecule has 168 valence electrons. The molecule has 5 atom stereocenters. The van der Waals surface area contributed by atoms with E-state index in [1.54, 1.807) is 24.3 Å². The molecule has 3 aliphatic heterocycles. The Morgan fingerprint density at radius 1 is 1.23 bits per heavy atom. The molecule has 0 bridgehead atoms. The normalized spacial score (nSPS) is 31.7. The van der Waals surface area contributed by atoms with Gasteiger partial charge in [0.25, 0.3) is 0 Å². The van der Waals surface area contributed by atoms with Crippen LogP contribution in [0, 0.1) is 23.2 Å². The van der Waals surface area contributed by atoms with Gasteiger partial charge in [-0.2, -0.15) is 5.26 Å². The molecule has 0 spiro atoms. The fourth-order valence-electron chi connectivity index (χ4n) is 4.56. The zero-order valence-electron chi connectivity index (χ0n) is 17.6. The fourth-order valence-corrected chi connectivity index (χ4v) is 5.46. The van der Waals surface area contributed by atoms with E-state index in [-0.39, 0.29) is 40.9 Å². The predicted octanol–water partition coefficient (Wildman–Crippen LogP) is -0.0715. The Kier molecular flexibility index (Phi) is 6.18. The second-order valence-corrected chi connectivity index (χ2v) is 10.5. The third-order valence-corrected chi connectivity index (χ3v) is 8.09. The Hall–Kier alpha value is -2.23. The summed E-state index contributed by atoms with van der Waals surface area (Å²) < 4.78 is 31.4. The fraction of sp³-hybridized carbons (Fsp3) is 0.600. The number of hydrogen-bond donors (Lipinski definition) is 3. The van der Waals surface area contributed by atoms with Crippen molar-refractivity contribution < 1.29 is 17.9 Å². The number of carbonyl (C=O) groups excluding carboxylic acids is 1. The maximum Gasteiger partial charge on any atom is 0.242 e. The Morgan fingerprint density at radius 2 is 1.97 bits per heavy atom. The van der Waals surface area contributed by atoms with Crippen LogP contribution in [0.15, 0.2) is 29.2 Å². The molecule has 3 aliphatic rings. The van der Waals surface area contributed by atoms with Gasteiger partial charge in [0.15, 0.2) is 0 Å². The minimum atomic E-state index is -3.51. The summed E-state index contributed by atoms with van der Waals surface area (Å²) in [6, 6.07) is 8.68. The number of fused-ring (bicyclic) bond motifs is 1. The number of hydrazine groups is 1. The zero-order valence-corrected chi connectivity index (χ0v) is 18.4. The van der Waals surface area contributed by atoms with Crippen molar-refractivity contribution in [3.63, 3.8) is 0 Å². The maximum absolute atomic E-state index is 12.7. The molecule has 1 aromatic carbocycles. The average molecular weight is 449 g/mol. The van der Waals surface area contributed by atoms with E-state index in [4.69, 9.17) is 4.74 Å². The largest absolute Gasteiger partial charge is 0.380 e. The van der Waals surface area contributed by atoms with E-state index in [1.807, 2.05) is 5.01 Å². The van der Waals surface area contributed by atoms with Gasteiger partial charge in [-0.1, -0.05) is 0 Å². The number of hydrogen-bond acceptors (Lipinski definition) is 8. The number of benzene rings is 1. The van der Waals surface area contributed by atoms with Gasteiger partial charge in [0.1, 0.15) is 6.17 Å². The summed E-state index contributed by atoms with van der Waals surface area (Å²) in [4.78, 5) is 12.9. The molecule has 1 aromatic rings. The number of carbonyl (C=O) groups is 1. The number of nitriles is 1. The lowest BCUT2D eigenvalue weighted by Crippen LogP contribution is -2.56. The van der Waals surface area contributed by atoms with E-state index < -0.39 is 10.0 Å². The topological polar surface area (TPSA) is 127 Å². The standard InChI is InChI=1S/C20H28N6O4S/c1-25(2)31(28,29)15-5-3-14(4-6-15)23-19-18-16(7-9-22-20(18)27)26(24-19)17-12-30-10-8-13(17)11-21/h3-6,13,16-19,23-24H,7-10,12H2,1-2H3,(H,22,27)/t13-,16?,17+,18?,19?/m1/s1. The zero-order chi connectivity index (χ0) is 22.2. The third kappa shape index (κ3) is 4.14. The Labute approximate surface area is 182 Å². The molecule has 0 saturated carbocycles. The lowest BCUT2D eigenvalue weighted by molar-refractivity contribution is -0.128. The molecule has 3 heterocycles. The van der Waals surface area contributed by atoms with Crippen molar-refractivity contribution in [2.24, 2.45) is 11.8 Å². The van der Waals surface area contributed by atoms with E-state index in [2.05, 4.69) is 22.1 Å². The van der Waals surface area contributed by atoms with E-state index in [9.17, 15) is 18.5 Å². The molecule has 3 saturated heterocycles. The molecular formula is C20H28N6O4S. The lowest BCUT2D eigenvalue weighted by atomic mass is 9.88. The number of ether oxygens (including phenoxy) is 1. The second-order valence-electron chi connectivity index (χ2n) is 8.31. The number of nitrogens with one attached hydrogen (secondary N) is 3. The molecular weight excluding hydrogens is 420 g/mol. The van der Waals surface area contributed by atoms with E-state index in [0.717, 1.165) is 6.42 Å². The van der Waals surface area contributed by atoms with Crippen molar-refractivity contribution in [3.05, 3.63) is 24.3 Å². The monoisotopic (exact) mass is 448 g/mol. The van der Waals surface area contributed by atoms with Crippen molar-refractivity contribution in [1.82, 2.24) is 20.1 Å². The highest BCUT2D eigenvalue weighted by atomic mass is 32.2. The molecule has 3 fully saturated rings. The molecule has 10 nitrogen and oxygen atoms in total. The molecule has 0 radical (unpaired) electrons. The predicted molar refractivity (Wildman–Crippen MR) is 113 cm³/mol. The van der Waals surface area contributed by atoms with Crippen LogP contribution in [0.5, 0.6) is 0 Å². The van der Waals surface area contributed by atoms with Crippen LogP contribution in [0.25, 0.3) is 0 Å². The Morgan fingerprint density at radius 3 is 2.65 bits per heavy atom. The summed E-state index contributed by atoms with van der Waals surface area (Å²) in [5, 5.41) is 17.9. The van der Waals surface area contributed by atoms with Crippen LogP contribution < -0.4 is 16.1 Å². The molecule has 31 heavy (non-hydrogen) atoms. The lowest BCUT2D eigenvalue weighted by Gasteiger charge is -2.39. The highest BCUT2D eigenvalue weighted by Gasteiger charge is 2.51. The van der Waals surface area contributed by atoms with Crippen molar-refractivity contribution in [3.8, 4) is 6.07 Å². The van der Waals surface area contributed by atoms with Crippen LogP contribution in [0.1, 0.15) is 12.8 Å². The highest BCUT2D eigenvalue weighted by Crippen LogP contribution is 2.33.